The van der Waals surface area contributed by atoms with Gasteiger partial charge < -0.3 is 33.2 Å². The van der Waals surface area contributed by atoms with Gasteiger partial charge in [-0.05, 0) is 38.5 Å². The summed E-state index contributed by atoms with van der Waals surface area (Å²) < 4.78 is 45.4. The number of hydrogen-bond donors (Lipinski definition) is 0. The van der Waals surface area contributed by atoms with Gasteiger partial charge in [0.05, 0.1) is 26.4 Å². The van der Waals surface area contributed by atoms with Gasteiger partial charge in [-0.15, -0.1) is 0 Å². The minimum Gasteiger partial charge on any atom is -0.494 e. The van der Waals surface area contributed by atoms with E-state index >= 15 is 0 Å². The molecular formula is C56H110O7. The fourth-order valence-electron chi connectivity index (χ4n) is 7.95. The van der Waals surface area contributed by atoms with E-state index in [0.717, 1.165) is 88.6 Å². The van der Waals surface area contributed by atoms with E-state index in [9.17, 15) is 0 Å². The molecule has 0 saturated carbocycles. The standard InChI is InChI=1S/C56H110O7/c1-9-15-21-23-25-27-29-31-33-35-37-39-41-43-45-51(59-47-17-11-3)53(61-49-19-13-5)55(57-7)63-56(58-8)54(62-50-20-14-6)52(60-48-18-12-4)46-44-42-40-38-36-34-32-30-28-26-24-22-16-10-2/h55-56H,9-50H2,1-8H3. The number of hydrogen-bond acceptors (Lipinski definition) is 7. The van der Waals surface area contributed by atoms with Gasteiger partial charge in [0.1, 0.15) is 11.5 Å². The van der Waals surface area contributed by atoms with Gasteiger partial charge in [-0.1, -0.05) is 234 Å². The molecule has 7 nitrogen and oxygen atoms in total. The van der Waals surface area contributed by atoms with Crippen molar-refractivity contribution in [3.05, 3.63) is 23.0 Å². The van der Waals surface area contributed by atoms with Gasteiger partial charge in [0.15, 0.2) is 11.5 Å². The summed E-state index contributed by atoms with van der Waals surface area (Å²) in [6.45, 7) is 15.8. The SMILES string of the molecule is CCCCCCCCCCCCCCCCC(OCCCC)=C(OCCCC)C(OC)OC(OC)C(OCCCC)=C(CCCCCCCCCCCCCCCC)OCCCC. The molecule has 0 bridgehead atoms. The second-order valence-corrected chi connectivity index (χ2v) is 18.3. The number of ether oxygens (including phenoxy) is 7. The lowest BCUT2D eigenvalue weighted by molar-refractivity contribution is -0.227. The quantitative estimate of drug-likeness (QED) is 0.0342. The summed E-state index contributed by atoms with van der Waals surface area (Å²) in [6.07, 6.45) is 45.3. The summed E-state index contributed by atoms with van der Waals surface area (Å²) in [4.78, 5) is 0. The lowest BCUT2D eigenvalue weighted by Gasteiger charge is -2.29. The molecule has 0 spiro atoms. The topological polar surface area (TPSA) is 64.6 Å². The minimum atomic E-state index is -0.821. The Labute approximate surface area is 393 Å². The molecule has 0 aliphatic rings. The van der Waals surface area contributed by atoms with Crippen LogP contribution in [0.25, 0.3) is 0 Å². The normalized spacial score (nSPS) is 13.5. The van der Waals surface area contributed by atoms with E-state index in [2.05, 4.69) is 41.5 Å². The fraction of sp³-hybridized carbons (Fsp3) is 0.929. The molecule has 0 amide bonds. The molecule has 0 rings (SSSR count). The Kier molecular flexibility index (Phi) is 48.8. The van der Waals surface area contributed by atoms with Crippen molar-refractivity contribution >= 4 is 0 Å². The Balaban J connectivity index is 5.83. The summed E-state index contributed by atoms with van der Waals surface area (Å²) in [5.41, 5.74) is 0. The number of unbranched alkanes of at least 4 members (excludes halogenated alkanes) is 30. The third-order valence-electron chi connectivity index (χ3n) is 12.2. The van der Waals surface area contributed by atoms with E-state index in [1.165, 1.54) is 167 Å². The molecule has 2 atom stereocenters. The van der Waals surface area contributed by atoms with Crippen LogP contribution in [0.2, 0.25) is 0 Å². The van der Waals surface area contributed by atoms with Crippen molar-refractivity contribution in [3.8, 4) is 0 Å². The van der Waals surface area contributed by atoms with Crippen LogP contribution in [0.1, 0.15) is 286 Å². The zero-order chi connectivity index (χ0) is 46.1. The second kappa shape index (κ2) is 50.0. The van der Waals surface area contributed by atoms with Crippen LogP contribution in [0, 0.1) is 0 Å². The van der Waals surface area contributed by atoms with Gasteiger partial charge in [-0.25, -0.2) is 0 Å². The summed E-state index contributed by atoms with van der Waals surface area (Å²) in [7, 11) is 3.37. The molecular weight excluding hydrogens is 785 g/mol. The summed E-state index contributed by atoms with van der Waals surface area (Å²) in [5.74, 6) is 2.96. The largest absolute Gasteiger partial charge is 0.494 e. The highest BCUT2D eigenvalue weighted by molar-refractivity contribution is 5.09. The zero-order valence-corrected chi connectivity index (χ0v) is 43.7. The molecule has 376 valence electrons. The Morgan fingerprint density at radius 1 is 0.270 bits per heavy atom. The monoisotopic (exact) mass is 895 g/mol. The highest BCUT2D eigenvalue weighted by Gasteiger charge is 2.31. The predicted molar refractivity (Wildman–Crippen MR) is 270 cm³/mol. The number of rotatable bonds is 52. The van der Waals surface area contributed by atoms with Gasteiger partial charge in [-0.3, -0.25) is 0 Å². The van der Waals surface area contributed by atoms with Crippen LogP contribution in [0.3, 0.4) is 0 Å². The lowest BCUT2D eigenvalue weighted by Crippen LogP contribution is -2.32. The molecule has 63 heavy (non-hydrogen) atoms. The highest BCUT2D eigenvalue weighted by atomic mass is 16.8. The Morgan fingerprint density at radius 2 is 0.492 bits per heavy atom. The molecule has 0 aromatic carbocycles. The smallest absolute Gasteiger partial charge is 0.222 e. The molecule has 0 aliphatic heterocycles. The van der Waals surface area contributed by atoms with Gasteiger partial charge in [-0.2, -0.15) is 0 Å². The molecule has 0 heterocycles. The second-order valence-electron chi connectivity index (χ2n) is 18.3. The Morgan fingerprint density at radius 3 is 0.730 bits per heavy atom. The first-order chi connectivity index (χ1) is 31.1. The van der Waals surface area contributed by atoms with E-state index in [0.29, 0.717) is 37.9 Å². The average molecular weight is 895 g/mol. The number of methoxy groups -OCH3 is 2. The van der Waals surface area contributed by atoms with Gasteiger partial charge in [0, 0.05) is 27.1 Å². The van der Waals surface area contributed by atoms with E-state index < -0.39 is 12.6 Å². The Bertz CT molecular complexity index is 905. The van der Waals surface area contributed by atoms with Crippen LogP contribution in [0.15, 0.2) is 23.0 Å². The molecule has 0 aromatic heterocycles. The van der Waals surface area contributed by atoms with Crippen LogP contribution in [0.5, 0.6) is 0 Å². The molecule has 0 aromatic rings. The van der Waals surface area contributed by atoms with Crippen LogP contribution in [0.4, 0.5) is 0 Å². The average Bonchev–Trinajstić information content (AvgIpc) is 3.29. The van der Waals surface area contributed by atoms with Crippen LogP contribution in [-0.2, 0) is 33.2 Å². The van der Waals surface area contributed by atoms with Crippen molar-refractivity contribution in [2.45, 2.75) is 298 Å². The summed E-state index contributed by atoms with van der Waals surface area (Å²) in [5, 5.41) is 0. The highest BCUT2D eigenvalue weighted by Crippen LogP contribution is 2.29. The van der Waals surface area contributed by atoms with Crippen molar-refractivity contribution < 1.29 is 33.2 Å². The van der Waals surface area contributed by atoms with Gasteiger partial charge >= 0.3 is 0 Å². The van der Waals surface area contributed by atoms with Crippen molar-refractivity contribution in [2.24, 2.45) is 0 Å². The molecule has 0 aliphatic carbocycles. The molecule has 0 saturated heterocycles. The summed E-state index contributed by atoms with van der Waals surface area (Å²) >= 11 is 0. The molecule has 0 radical (unpaired) electrons. The lowest BCUT2D eigenvalue weighted by atomic mass is 10.0. The fourth-order valence-corrected chi connectivity index (χ4v) is 7.95. The molecule has 2 unspecified atom stereocenters. The third kappa shape index (κ3) is 37.4. The van der Waals surface area contributed by atoms with E-state index in [4.69, 9.17) is 33.2 Å². The van der Waals surface area contributed by atoms with Crippen molar-refractivity contribution in [1.29, 1.82) is 0 Å². The Hall–Kier alpha value is -1.44. The van der Waals surface area contributed by atoms with E-state index in [-0.39, 0.29) is 0 Å². The van der Waals surface area contributed by atoms with Gasteiger partial charge in [0.2, 0.25) is 12.6 Å². The van der Waals surface area contributed by atoms with Crippen molar-refractivity contribution in [2.75, 3.05) is 40.6 Å². The molecule has 0 fully saturated rings. The first-order valence-electron chi connectivity index (χ1n) is 27.8. The maximum Gasteiger partial charge on any atom is 0.222 e. The van der Waals surface area contributed by atoms with Crippen molar-refractivity contribution in [1.82, 2.24) is 0 Å². The maximum absolute atomic E-state index is 6.79. The predicted octanol–water partition coefficient (Wildman–Crippen LogP) is 18.4. The van der Waals surface area contributed by atoms with E-state index in [1.54, 1.807) is 14.2 Å². The first kappa shape index (κ1) is 61.6. The third-order valence-corrected chi connectivity index (χ3v) is 12.2. The van der Waals surface area contributed by atoms with Crippen LogP contribution in [-0.4, -0.2) is 53.2 Å². The first-order valence-corrected chi connectivity index (χ1v) is 27.8. The minimum absolute atomic E-state index is 0.576. The molecule has 7 heteroatoms. The molecule has 0 N–H and O–H groups in total. The maximum atomic E-state index is 6.79. The van der Waals surface area contributed by atoms with Crippen LogP contribution < -0.4 is 0 Å². The van der Waals surface area contributed by atoms with Crippen molar-refractivity contribution in [3.63, 3.8) is 0 Å². The van der Waals surface area contributed by atoms with Crippen LogP contribution >= 0.6 is 0 Å². The number of allylic oxidation sites excluding steroid dienone is 2. The zero-order valence-electron chi connectivity index (χ0n) is 43.7. The van der Waals surface area contributed by atoms with E-state index in [1.807, 2.05) is 0 Å². The summed E-state index contributed by atoms with van der Waals surface area (Å²) in [6, 6.07) is 0. The van der Waals surface area contributed by atoms with Gasteiger partial charge in [0.25, 0.3) is 0 Å².